The van der Waals surface area contributed by atoms with Crippen LogP contribution in [0.1, 0.15) is 31.4 Å². The summed E-state index contributed by atoms with van der Waals surface area (Å²) in [6, 6.07) is 10.2. The Bertz CT molecular complexity index is 792. The van der Waals surface area contributed by atoms with E-state index in [-0.39, 0.29) is 35.3 Å². The number of benzene rings is 1. The smallest absolute Gasteiger partial charge is 0.262 e. The molecule has 8 heteroatoms. The fraction of sp³-hybridized carbons (Fsp3) is 0.471. The molecular formula is C17H25ClN4O2S. The Kier molecular flexibility index (Phi) is 6.26. The molecule has 0 bridgehead atoms. The van der Waals surface area contributed by atoms with Crippen molar-refractivity contribution in [3.8, 4) is 0 Å². The van der Waals surface area contributed by atoms with Crippen molar-refractivity contribution >= 4 is 22.4 Å². The SMILES string of the molecule is CC(C)n1cnc(S(=O)(=O)N2C[C@@H](CN)[C@H](c3ccccc3)C2)c1.Cl. The summed E-state index contributed by atoms with van der Waals surface area (Å²) in [6.45, 7) is 5.33. The topological polar surface area (TPSA) is 81.2 Å². The lowest BCUT2D eigenvalue weighted by Crippen LogP contribution is -2.30. The second-order valence-corrected chi connectivity index (χ2v) is 8.47. The number of imidazole rings is 1. The van der Waals surface area contributed by atoms with Crippen molar-refractivity contribution in [1.29, 1.82) is 0 Å². The van der Waals surface area contributed by atoms with E-state index in [1.807, 2.05) is 44.2 Å². The fourth-order valence-corrected chi connectivity index (χ4v) is 4.65. The van der Waals surface area contributed by atoms with E-state index in [9.17, 15) is 8.42 Å². The summed E-state index contributed by atoms with van der Waals surface area (Å²) in [5.74, 6) is 0.243. The van der Waals surface area contributed by atoms with Crippen molar-refractivity contribution in [3.05, 3.63) is 48.4 Å². The standard InChI is InChI=1S/C17H24N4O2S.ClH/c1-13(2)20-11-17(19-12-20)24(22,23)21-9-15(8-18)16(10-21)14-6-4-3-5-7-14;/h3-7,11-13,15-16H,8-10,18H2,1-2H3;1H/t15-,16+;/m1./s1. The first-order valence-electron chi connectivity index (χ1n) is 8.22. The first kappa shape index (κ1) is 19.9. The number of hydrogen-bond acceptors (Lipinski definition) is 4. The second kappa shape index (κ2) is 7.86. The Labute approximate surface area is 155 Å². The van der Waals surface area contributed by atoms with E-state index in [0.29, 0.717) is 19.6 Å². The van der Waals surface area contributed by atoms with Crippen LogP contribution < -0.4 is 5.73 Å². The highest BCUT2D eigenvalue weighted by Crippen LogP contribution is 2.34. The molecule has 1 aromatic carbocycles. The first-order chi connectivity index (χ1) is 11.4. The molecule has 2 N–H and O–H groups in total. The molecule has 2 atom stereocenters. The predicted octanol–water partition coefficient (Wildman–Crippen LogP) is 2.25. The summed E-state index contributed by atoms with van der Waals surface area (Å²) in [5, 5.41) is 0.112. The number of halogens is 1. The minimum atomic E-state index is -3.59. The molecule has 6 nitrogen and oxygen atoms in total. The van der Waals surface area contributed by atoms with E-state index < -0.39 is 10.0 Å². The normalized spacial score (nSPS) is 21.4. The van der Waals surface area contributed by atoms with Crippen LogP contribution >= 0.6 is 12.4 Å². The van der Waals surface area contributed by atoms with Crippen LogP contribution in [-0.2, 0) is 10.0 Å². The van der Waals surface area contributed by atoms with Crippen molar-refractivity contribution < 1.29 is 8.42 Å². The van der Waals surface area contributed by atoms with E-state index in [1.165, 1.54) is 4.31 Å². The lowest BCUT2D eigenvalue weighted by Gasteiger charge is -2.16. The van der Waals surface area contributed by atoms with E-state index in [2.05, 4.69) is 4.98 Å². The molecule has 0 radical (unpaired) electrons. The van der Waals surface area contributed by atoms with Crippen LogP contribution in [0, 0.1) is 5.92 Å². The van der Waals surface area contributed by atoms with Crippen molar-refractivity contribution in [2.75, 3.05) is 19.6 Å². The van der Waals surface area contributed by atoms with E-state index in [4.69, 9.17) is 5.73 Å². The van der Waals surface area contributed by atoms with Crippen LogP contribution in [0.25, 0.3) is 0 Å². The molecule has 0 aliphatic carbocycles. The maximum atomic E-state index is 12.9. The van der Waals surface area contributed by atoms with Gasteiger partial charge in [-0.2, -0.15) is 4.31 Å². The maximum Gasteiger partial charge on any atom is 0.262 e. The molecule has 1 aliphatic heterocycles. The highest BCUT2D eigenvalue weighted by molar-refractivity contribution is 7.89. The van der Waals surface area contributed by atoms with Crippen molar-refractivity contribution in [3.63, 3.8) is 0 Å². The minimum absolute atomic E-state index is 0. The maximum absolute atomic E-state index is 12.9. The van der Waals surface area contributed by atoms with Gasteiger partial charge in [0.25, 0.3) is 10.0 Å². The molecule has 0 amide bonds. The molecule has 2 aromatic rings. The van der Waals surface area contributed by atoms with Gasteiger partial charge >= 0.3 is 0 Å². The quantitative estimate of drug-likeness (QED) is 0.857. The Morgan fingerprint density at radius 1 is 1.24 bits per heavy atom. The van der Waals surface area contributed by atoms with Gasteiger partial charge < -0.3 is 10.3 Å². The van der Waals surface area contributed by atoms with Crippen LogP contribution in [0.4, 0.5) is 0 Å². The number of nitrogens with zero attached hydrogens (tertiary/aromatic N) is 3. The largest absolute Gasteiger partial charge is 0.334 e. The Morgan fingerprint density at radius 2 is 1.92 bits per heavy atom. The third-order valence-electron chi connectivity index (χ3n) is 4.72. The molecule has 0 unspecified atom stereocenters. The van der Waals surface area contributed by atoms with E-state index in [1.54, 1.807) is 17.1 Å². The minimum Gasteiger partial charge on any atom is -0.334 e. The van der Waals surface area contributed by atoms with Gasteiger partial charge in [-0.15, -0.1) is 12.4 Å². The van der Waals surface area contributed by atoms with Gasteiger partial charge in [0.2, 0.25) is 0 Å². The van der Waals surface area contributed by atoms with Crippen LogP contribution in [0.3, 0.4) is 0 Å². The number of rotatable bonds is 5. The average Bonchev–Trinajstić information content (AvgIpc) is 3.23. The Morgan fingerprint density at radius 3 is 2.48 bits per heavy atom. The highest BCUT2D eigenvalue weighted by atomic mass is 35.5. The molecule has 3 rings (SSSR count). The summed E-state index contributed by atoms with van der Waals surface area (Å²) < 4.78 is 29.2. The number of nitrogens with two attached hydrogens (primary N) is 1. The van der Waals surface area contributed by atoms with Gasteiger partial charge in [-0.05, 0) is 31.9 Å². The monoisotopic (exact) mass is 384 g/mol. The predicted molar refractivity (Wildman–Crippen MR) is 100 cm³/mol. The molecular weight excluding hydrogens is 360 g/mol. The van der Waals surface area contributed by atoms with Crippen LogP contribution in [0.15, 0.2) is 47.9 Å². The summed E-state index contributed by atoms with van der Waals surface area (Å²) in [4.78, 5) is 4.10. The lowest BCUT2D eigenvalue weighted by atomic mass is 9.89. The molecule has 1 aliphatic rings. The molecule has 0 saturated carbocycles. The van der Waals surface area contributed by atoms with Gasteiger partial charge in [0, 0.05) is 31.2 Å². The number of hydrogen-bond donors (Lipinski definition) is 1. The van der Waals surface area contributed by atoms with Gasteiger partial charge in [-0.1, -0.05) is 30.3 Å². The van der Waals surface area contributed by atoms with Gasteiger partial charge in [-0.25, -0.2) is 13.4 Å². The summed E-state index contributed by atoms with van der Waals surface area (Å²) >= 11 is 0. The second-order valence-electron chi connectivity index (χ2n) is 6.59. The van der Waals surface area contributed by atoms with Gasteiger partial charge in [0.05, 0.1) is 6.33 Å². The van der Waals surface area contributed by atoms with E-state index >= 15 is 0 Å². The van der Waals surface area contributed by atoms with Crippen molar-refractivity contribution in [2.24, 2.45) is 11.7 Å². The zero-order chi connectivity index (χ0) is 17.3. The van der Waals surface area contributed by atoms with Gasteiger partial charge in [0.15, 0.2) is 5.03 Å². The molecule has 138 valence electrons. The van der Waals surface area contributed by atoms with Crippen LogP contribution in [0.5, 0.6) is 0 Å². The molecule has 2 heterocycles. The number of sulfonamides is 1. The first-order valence-corrected chi connectivity index (χ1v) is 9.66. The molecule has 1 aromatic heterocycles. The molecule has 1 saturated heterocycles. The van der Waals surface area contributed by atoms with Gasteiger partial charge in [0.1, 0.15) is 0 Å². The zero-order valence-corrected chi connectivity index (χ0v) is 16.1. The fourth-order valence-electron chi connectivity index (χ4n) is 3.21. The van der Waals surface area contributed by atoms with Crippen molar-refractivity contribution in [1.82, 2.24) is 13.9 Å². The zero-order valence-electron chi connectivity index (χ0n) is 14.4. The van der Waals surface area contributed by atoms with Crippen LogP contribution in [0.2, 0.25) is 0 Å². The summed E-state index contributed by atoms with van der Waals surface area (Å²) in [6.07, 6.45) is 3.18. The average molecular weight is 385 g/mol. The van der Waals surface area contributed by atoms with Crippen molar-refractivity contribution in [2.45, 2.75) is 30.8 Å². The van der Waals surface area contributed by atoms with Crippen LogP contribution in [-0.4, -0.2) is 41.9 Å². The molecule has 25 heavy (non-hydrogen) atoms. The lowest BCUT2D eigenvalue weighted by molar-refractivity contribution is 0.456. The highest BCUT2D eigenvalue weighted by Gasteiger charge is 2.40. The van der Waals surface area contributed by atoms with E-state index in [0.717, 1.165) is 5.56 Å². The third-order valence-corrected chi connectivity index (χ3v) is 6.43. The Balaban J connectivity index is 0.00000225. The third kappa shape index (κ3) is 3.89. The molecule has 1 fully saturated rings. The Hall–Kier alpha value is -1.41. The molecule has 0 spiro atoms. The van der Waals surface area contributed by atoms with Gasteiger partial charge in [-0.3, -0.25) is 0 Å². The summed E-state index contributed by atoms with van der Waals surface area (Å²) in [7, 11) is -3.59. The number of aromatic nitrogens is 2. The summed E-state index contributed by atoms with van der Waals surface area (Å²) in [5.41, 5.74) is 7.05.